The number of anilines is 1. The van der Waals surface area contributed by atoms with Crippen molar-refractivity contribution < 1.29 is 14.3 Å². The third kappa shape index (κ3) is 4.99. The first-order chi connectivity index (χ1) is 14.3. The van der Waals surface area contributed by atoms with E-state index < -0.39 is 0 Å². The zero-order valence-electron chi connectivity index (χ0n) is 15.5. The molecule has 142 valence electrons. The van der Waals surface area contributed by atoms with Gasteiger partial charge in [-0.25, -0.2) is 4.98 Å². The number of ether oxygens (including phenoxy) is 2. The van der Waals surface area contributed by atoms with Gasteiger partial charge in [0.15, 0.2) is 0 Å². The van der Waals surface area contributed by atoms with Crippen molar-refractivity contribution >= 4 is 11.6 Å². The molecule has 0 unspecified atom stereocenters. The SMILES string of the molecule is O=C(Nc1ccc(Oc2ccccc2)cc1)c1cccc(Oc2ccccn2)c1. The molecule has 4 rings (SSSR count). The van der Waals surface area contributed by atoms with Crippen LogP contribution in [-0.2, 0) is 0 Å². The highest BCUT2D eigenvalue weighted by atomic mass is 16.5. The Hall–Kier alpha value is -4.12. The van der Waals surface area contributed by atoms with Crippen molar-refractivity contribution in [3.05, 3.63) is 109 Å². The molecule has 0 aliphatic rings. The maximum absolute atomic E-state index is 12.6. The molecule has 0 aliphatic carbocycles. The van der Waals surface area contributed by atoms with Crippen LogP contribution in [0.15, 0.2) is 103 Å². The average Bonchev–Trinajstić information content (AvgIpc) is 2.77. The second kappa shape index (κ2) is 8.71. The van der Waals surface area contributed by atoms with Gasteiger partial charge in [-0.2, -0.15) is 0 Å². The van der Waals surface area contributed by atoms with Crippen LogP contribution in [0.2, 0.25) is 0 Å². The number of nitrogens with one attached hydrogen (secondary N) is 1. The molecule has 0 bridgehead atoms. The molecular formula is C24H18N2O3. The number of para-hydroxylation sites is 1. The summed E-state index contributed by atoms with van der Waals surface area (Å²) in [7, 11) is 0. The molecule has 4 aromatic rings. The van der Waals surface area contributed by atoms with E-state index in [4.69, 9.17) is 9.47 Å². The van der Waals surface area contributed by atoms with E-state index in [1.807, 2.05) is 54.6 Å². The summed E-state index contributed by atoms with van der Waals surface area (Å²) in [5.41, 5.74) is 1.16. The van der Waals surface area contributed by atoms with E-state index in [1.165, 1.54) is 0 Å². The zero-order valence-corrected chi connectivity index (χ0v) is 15.5. The number of carbonyl (C=O) groups is 1. The lowest BCUT2D eigenvalue weighted by Crippen LogP contribution is -2.11. The summed E-state index contributed by atoms with van der Waals surface area (Å²) in [4.78, 5) is 16.7. The van der Waals surface area contributed by atoms with Crippen LogP contribution in [0.4, 0.5) is 5.69 Å². The molecule has 0 atom stereocenters. The van der Waals surface area contributed by atoms with Crippen molar-refractivity contribution in [2.75, 3.05) is 5.32 Å². The van der Waals surface area contributed by atoms with Gasteiger partial charge in [0, 0.05) is 23.5 Å². The van der Waals surface area contributed by atoms with E-state index in [0.29, 0.717) is 28.6 Å². The molecule has 5 heteroatoms. The largest absolute Gasteiger partial charge is 0.457 e. The molecule has 1 aromatic heterocycles. The number of carbonyl (C=O) groups excluding carboxylic acids is 1. The second-order valence-corrected chi connectivity index (χ2v) is 6.19. The molecule has 0 spiro atoms. The highest BCUT2D eigenvalue weighted by Crippen LogP contribution is 2.24. The molecule has 0 aliphatic heterocycles. The standard InChI is InChI=1S/C24H18N2O3/c27-24(18-7-6-10-22(17-18)29-23-11-4-5-16-25-23)26-19-12-14-21(15-13-19)28-20-8-2-1-3-9-20/h1-17H,(H,26,27). The summed E-state index contributed by atoms with van der Waals surface area (Å²) in [5, 5.41) is 2.87. The first kappa shape index (κ1) is 18.3. The van der Waals surface area contributed by atoms with Crippen molar-refractivity contribution in [3.63, 3.8) is 0 Å². The Morgan fingerprint density at radius 2 is 1.41 bits per heavy atom. The molecule has 5 nitrogen and oxygen atoms in total. The van der Waals surface area contributed by atoms with Gasteiger partial charge >= 0.3 is 0 Å². The third-order valence-corrected chi connectivity index (χ3v) is 4.05. The van der Waals surface area contributed by atoms with E-state index in [9.17, 15) is 4.79 Å². The molecule has 0 saturated carbocycles. The normalized spacial score (nSPS) is 10.2. The lowest BCUT2D eigenvalue weighted by Gasteiger charge is -2.09. The van der Waals surface area contributed by atoms with E-state index in [0.717, 1.165) is 5.75 Å². The van der Waals surface area contributed by atoms with Crippen molar-refractivity contribution in [3.8, 4) is 23.1 Å². The van der Waals surface area contributed by atoms with E-state index in [1.54, 1.807) is 48.7 Å². The van der Waals surface area contributed by atoms with Gasteiger partial charge in [0.2, 0.25) is 5.88 Å². The van der Waals surface area contributed by atoms with Gasteiger partial charge in [0.25, 0.3) is 5.91 Å². The highest BCUT2D eigenvalue weighted by molar-refractivity contribution is 6.04. The summed E-state index contributed by atoms with van der Waals surface area (Å²) < 4.78 is 11.4. The van der Waals surface area contributed by atoms with Gasteiger partial charge in [-0.1, -0.05) is 30.3 Å². The molecular weight excluding hydrogens is 364 g/mol. The lowest BCUT2D eigenvalue weighted by molar-refractivity contribution is 0.102. The van der Waals surface area contributed by atoms with Gasteiger partial charge in [0.05, 0.1) is 0 Å². The number of pyridine rings is 1. The summed E-state index contributed by atoms with van der Waals surface area (Å²) in [6.45, 7) is 0. The first-order valence-corrected chi connectivity index (χ1v) is 9.09. The molecule has 0 radical (unpaired) electrons. The Kier molecular flexibility index (Phi) is 5.48. The predicted molar refractivity (Wildman–Crippen MR) is 112 cm³/mol. The Labute approximate surface area is 168 Å². The van der Waals surface area contributed by atoms with Crippen molar-refractivity contribution in [2.24, 2.45) is 0 Å². The zero-order chi connectivity index (χ0) is 19.9. The maximum Gasteiger partial charge on any atom is 0.255 e. The van der Waals surface area contributed by atoms with Crippen LogP contribution in [0.5, 0.6) is 23.1 Å². The number of hydrogen-bond donors (Lipinski definition) is 1. The van der Waals surface area contributed by atoms with Gasteiger partial charge in [-0.3, -0.25) is 4.79 Å². The van der Waals surface area contributed by atoms with Gasteiger partial charge in [-0.05, 0) is 60.7 Å². The van der Waals surface area contributed by atoms with Crippen LogP contribution in [0, 0.1) is 0 Å². The highest BCUT2D eigenvalue weighted by Gasteiger charge is 2.08. The quantitative estimate of drug-likeness (QED) is 0.450. The number of aromatic nitrogens is 1. The van der Waals surface area contributed by atoms with Gasteiger partial charge < -0.3 is 14.8 Å². The number of hydrogen-bond acceptors (Lipinski definition) is 4. The molecule has 1 heterocycles. The number of rotatable bonds is 6. The fourth-order valence-electron chi connectivity index (χ4n) is 2.66. The van der Waals surface area contributed by atoms with Crippen molar-refractivity contribution in [1.29, 1.82) is 0 Å². The first-order valence-electron chi connectivity index (χ1n) is 9.09. The van der Waals surface area contributed by atoms with Crippen LogP contribution in [0.1, 0.15) is 10.4 Å². The maximum atomic E-state index is 12.6. The van der Waals surface area contributed by atoms with Gasteiger partial charge in [-0.15, -0.1) is 0 Å². The van der Waals surface area contributed by atoms with Crippen molar-refractivity contribution in [2.45, 2.75) is 0 Å². The minimum Gasteiger partial charge on any atom is -0.457 e. The summed E-state index contributed by atoms with van der Waals surface area (Å²) in [5.74, 6) is 2.24. The fourth-order valence-corrected chi connectivity index (χ4v) is 2.66. The molecule has 3 aromatic carbocycles. The van der Waals surface area contributed by atoms with Crippen LogP contribution >= 0.6 is 0 Å². The molecule has 0 saturated heterocycles. The Bertz CT molecular complexity index is 1080. The Morgan fingerprint density at radius 1 is 0.690 bits per heavy atom. The summed E-state index contributed by atoms with van der Waals surface area (Å²) in [6, 6.07) is 29.1. The summed E-state index contributed by atoms with van der Waals surface area (Å²) >= 11 is 0. The van der Waals surface area contributed by atoms with E-state index >= 15 is 0 Å². The van der Waals surface area contributed by atoms with Crippen molar-refractivity contribution in [1.82, 2.24) is 4.98 Å². The Balaban J connectivity index is 1.40. The predicted octanol–water partition coefficient (Wildman–Crippen LogP) is 5.92. The molecule has 1 N–H and O–H groups in total. The third-order valence-electron chi connectivity index (χ3n) is 4.05. The summed E-state index contributed by atoms with van der Waals surface area (Å²) in [6.07, 6.45) is 1.65. The van der Waals surface area contributed by atoms with Gasteiger partial charge in [0.1, 0.15) is 17.2 Å². The van der Waals surface area contributed by atoms with Crippen LogP contribution in [0.25, 0.3) is 0 Å². The Morgan fingerprint density at radius 3 is 2.17 bits per heavy atom. The van der Waals surface area contributed by atoms with E-state index in [2.05, 4.69) is 10.3 Å². The average molecular weight is 382 g/mol. The number of benzene rings is 3. The topological polar surface area (TPSA) is 60.5 Å². The molecule has 1 amide bonds. The second-order valence-electron chi connectivity index (χ2n) is 6.19. The van der Waals surface area contributed by atoms with Crippen LogP contribution in [0.3, 0.4) is 0 Å². The minimum absolute atomic E-state index is 0.229. The monoisotopic (exact) mass is 382 g/mol. The van der Waals surface area contributed by atoms with Crippen LogP contribution < -0.4 is 14.8 Å². The number of amides is 1. The lowest BCUT2D eigenvalue weighted by atomic mass is 10.2. The van der Waals surface area contributed by atoms with E-state index in [-0.39, 0.29) is 5.91 Å². The van der Waals surface area contributed by atoms with Crippen LogP contribution in [-0.4, -0.2) is 10.9 Å². The number of nitrogens with zero attached hydrogens (tertiary/aromatic N) is 1. The minimum atomic E-state index is -0.229. The molecule has 29 heavy (non-hydrogen) atoms. The fraction of sp³-hybridized carbons (Fsp3) is 0. The smallest absolute Gasteiger partial charge is 0.255 e. The molecule has 0 fully saturated rings.